The van der Waals surface area contributed by atoms with Gasteiger partial charge in [0, 0.05) is 18.6 Å². The van der Waals surface area contributed by atoms with Gasteiger partial charge in [-0.1, -0.05) is 35.9 Å². The Hall–Kier alpha value is -1.56. The van der Waals surface area contributed by atoms with E-state index in [1.165, 1.54) is 24.5 Å². The fourth-order valence-corrected chi connectivity index (χ4v) is 3.50. The Morgan fingerprint density at radius 3 is 2.52 bits per heavy atom. The molecule has 0 aliphatic carbocycles. The molecule has 0 spiro atoms. The fourth-order valence-electron chi connectivity index (χ4n) is 1.98. The van der Waals surface area contributed by atoms with Crippen molar-refractivity contribution in [2.24, 2.45) is 0 Å². The molecule has 2 aromatic carbocycles. The third kappa shape index (κ3) is 3.56. The number of sulfonamides is 1. The molecule has 0 amide bonds. The molecule has 0 atom stereocenters. The van der Waals surface area contributed by atoms with Gasteiger partial charge in [-0.25, -0.2) is 8.42 Å². The smallest absolute Gasteiger partial charge is 0.246 e. The summed E-state index contributed by atoms with van der Waals surface area (Å²) in [7, 11) is -0.647. The van der Waals surface area contributed by atoms with Crippen LogP contribution in [0.1, 0.15) is 5.56 Å². The van der Waals surface area contributed by atoms with Crippen LogP contribution >= 0.6 is 11.6 Å². The van der Waals surface area contributed by atoms with Crippen LogP contribution in [0.15, 0.2) is 53.4 Å². The summed E-state index contributed by atoms with van der Waals surface area (Å²) in [6.07, 6.45) is 0. The van der Waals surface area contributed by atoms with Crippen LogP contribution in [0.5, 0.6) is 5.75 Å². The first-order valence-electron chi connectivity index (χ1n) is 6.29. The van der Waals surface area contributed by atoms with Crippen molar-refractivity contribution in [2.45, 2.75) is 11.4 Å². The summed E-state index contributed by atoms with van der Waals surface area (Å²) in [6.45, 7) is 0.237. The minimum Gasteiger partial charge on any atom is -0.495 e. The number of halogens is 1. The molecule has 6 heteroatoms. The van der Waals surface area contributed by atoms with Crippen LogP contribution in [-0.2, 0) is 16.6 Å². The second-order valence-electron chi connectivity index (χ2n) is 4.54. The molecule has 0 unspecified atom stereocenters. The van der Waals surface area contributed by atoms with Crippen LogP contribution in [-0.4, -0.2) is 26.9 Å². The van der Waals surface area contributed by atoms with Crippen LogP contribution in [0.25, 0.3) is 0 Å². The lowest BCUT2D eigenvalue weighted by molar-refractivity contribution is 0.397. The first-order valence-corrected chi connectivity index (χ1v) is 8.11. The lowest BCUT2D eigenvalue weighted by Crippen LogP contribution is -2.26. The van der Waals surface area contributed by atoms with Gasteiger partial charge in [0.05, 0.1) is 7.11 Å². The molecule has 0 N–H and O–H groups in total. The third-order valence-electron chi connectivity index (χ3n) is 3.05. The number of methoxy groups -OCH3 is 1. The minimum atomic E-state index is -3.63. The molecule has 4 nitrogen and oxygen atoms in total. The van der Waals surface area contributed by atoms with Gasteiger partial charge in [-0.3, -0.25) is 0 Å². The Bertz CT molecular complexity index is 731. The Labute approximate surface area is 130 Å². The van der Waals surface area contributed by atoms with Crippen molar-refractivity contribution < 1.29 is 13.2 Å². The van der Waals surface area contributed by atoms with Crippen molar-refractivity contribution in [1.29, 1.82) is 0 Å². The monoisotopic (exact) mass is 325 g/mol. The molecule has 0 aliphatic rings. The van der Waals surface area contributed by atoms with Crippen LogP contribution in [0.2, 0.25) is 5.02 Å². The second-order valence-corrected chi connectivity index (χ2v) is 6.99. The van der Waals surface area contributed by atoms with E-state index in [0.29, 0.717) is 10.8 Å². The normalized spacial score (nSPS) is 11.6. The van der Waals surface area contributed by atoms with E-state index in [1.807, 2.05) is 6.07 Å². The first-order chi connectivity index (χ1) is 9.95. The average molecular weight is 326 g/mol. The van der Waals surface area contributed by atoms with Crippen molar-refractivity contribution in [3.05, 3.63) is 59.1 Å². The molecule has 21 heavy (non-hydrogen) atoms. The molecule has 112 valence electrons. The summed E-state index contributed by atoms with van der Waals surface area (Å²) in [6, 6.07) is 13.7. The van der Waals surface area contributed by atoms with Gasteiger partial charge in [-0.15, -0.1) is 0 Å². The van der Waals surface area contributed by atoms with Gasteiger partial charge in [-0.05, 0) is 29.8 Å². The van der Waals surface area contributed by atoms with Gasteiger partial charge in [0.15, 0.2) is 0 Å². The maximum absolute atomic E-state index is 12.6. The summed E-state index contributed by atoms with van der Waals surface area (Å²) in [5, 5.41) is 0.579. The molecule has 0 saturated carbocycles. The Kier molecular flexibility index (Phi) is 4.88. The average Bonchev–Trinajstić information content (AvgIpc) is 2.47. The van der Waals surface area contributed by atoms with Gasteiger partial charge >= 0.3 is 0 Å². The van der Waals surface area contributed by atoms with Gasteiger partial charge in [-0.2, -0.15) is 4.31 Å². The number of hydrogen-bond acceptors (Lipinski definition) is 3. The number of rotatable bonds is 5. The predicted octanol–water partition coefficient (Wildman–Crippen LogP) is 3.17. The molecule has 2 rings (SSSR count). The summed E-state index contributed by atoms with van der Waals surface area (Å²) in [5.41, 5.74) is 0.823. The minimum absolute atomic E-state index is 0.150. The molecule has 0 radical (unpaired) electrons. The van der Waals surface area contributed by atoms with Gasteiger partial charge in [0.25, 0.3) is 0 Å². The van der Waals surface area contributed by atoms with Gasteiger partial charge in [0.2, 0.25) is 10.0 Å². The highest BCUT2D eigenvalue weighted by molar-refractivity contribution is 7.89. The Morgan fingerprint density at radius 1 is 1.14 bits per heavy atom. The summed E-state index contributed by atoms with van der Waals surface area (Å²) in [4.78, 5) is 0.150. The lowest BCUT2D eigenvalue weighted by Gasteiger charge is -2.19. The largest absolute Gasteiger partial charge is 0.495 e. The number of nitrogens with zero attached hydrogens (tertiary/aromatic N) is 1. The van der Waals surface area contributed by atoms with E-state index < -0.39 is 10.0 Å². The molecular formula is C15H16ClNO3S. The maximum atomic E-state index is 12.6. The summed E-state index contributed by atoms with van der Waals surface area (Å²) >= 11 is 5.92. The maximum Gasteiger partial charge on any atom is 0.246 e. The first kappa shape index (κ1) is 15.8. The SMILES string of the molecule is COc1ccccc1S(=O)(=O)N(C)Cc1cccc(Cl)c1. The molecule has 0 fully saturated rings. The molecule has 0 heterocycles. The zero-order valence-electron chi connectivity index (χ0n) is 11.8. The van der Waals surface area contributed by atoms with Gasteiger partial charge in [0.1, 0.15) is 10.6 Å². The topological polar surface area (TPSA) is 46.6 Å². The van der Waals surface area contributed by atoms with E-state index in [0.717, 1.165) is 5.56 Å². The highest BCUT2D eigenvalue weighted by atomic mass is 35.5. The van der Waals surface area contributed by atoms with Crippen molar-refractivity contribution in [1.82, 2.24) is 4.31 Å². The van der Waals surface area contributed by atoms with E-state index in [4.69, 9.17) is 16.3 Å². The molecular weight excluding hydrogens is 310 g/mol. The lowest BCUT2D eigenvalue weighted by atomic mass is 10.2. The summed E-state index contributed by atoms with van der Waals surface area (Å²) < 4.78 is 31.6. The van der Waals surface area contributed by atoms with Crippen LogP contribution in [0, 0.1) is 0 Å². The van der Waals surface area contributed by atoms with Crippen LogP contribution < -0.4 is 4.74 Å². The molecule has 0 aliphatic heterocycles. The predicted molar refractivity (Wildman–Crippen MR) is 83.1 cm³/mol. The van der Waals surface area contributed by atoms with E-state index in [1.54, 1.807) is 36.4 Å². The summed E-state index contributed by atoms with van der Waals surface area (Å²) in [5.74, 6) is 0.329. The number of benzene rings is 2. The Balaban J connectivity index is 2.31. The van der Waals surface area contributed by atoms with Crippen molar-refractivity contribution in [3.8, 4) is 5.75 Å². The van der Waals surface area contributed by atoms with E-state index in [9.17, 15) is 8.42 Å². The number of ether oxygens (including phenoxy) is 1. The third-order valence-corrected chi connectivity index (χ3v) is 5.13. The molecule has 2 aromatic rings. The second kappa shape index (κ2) is 6.47. The zero-order valence-corrected chi connectivity index (χ0v) is 13.4. The fraction of sp³-hybridized carbons (Fsp3) is 0.200. The van der Waals surface area contributed by atoms with Crippen molar-refractivity contribution in [2.75, 3.05) is 14.2 Å². The van der Waals surface area contributed by atoms with E-state index in [-0.39, 0.29) is 11.4 Å². The quantitative estimate of drug-likeness (QED) is 0.848. The molecule has 0 aromatic heterocycles. The highest BCUT2D eigenvalue weighted by Gasteiger charge is 2.24. The Morgan fingerprint density at radius 2 is 1.86 bits per heavy atom. The van der Waals surface area contributed by atoms with Crippen LogP contribution in [0.4, 0.5) is 0 Å². The van der Waals surface area contributed by atoms with Gasteiger partial charge < -0.3 is 4.74 Å². The number of para-hydroxylation sites is 1. The molecule has 0 saturated heterocycles. The van der Waals surface area contributed by atoms with E-state index >= 15 is 0 Å². The van der Waals surface area contributed by atoms with Crippen LogP contribution in [0.3, 0.4) is 0 Å². The molecule has 0 bridgehead atoms. The highest BCUT2D eigenvalue weighted by Crippen LogP contribution is 2.26. The number of hydrogen-bond donors (Lipinski definition) is 0. The van der Waals surface area contributed by atoms with E-state index in [2.05, 4.69) is 0 Å². The standard InChI is InChI=1S/C15H16ClNO3S/c1-17(11-12-6-5-7-13(16)10-12)21(18,19)15-9-4-3-8-14(15)20-2/h3-10H,11H2,1-2H3. The van der Waals surface area contributed by atoms with Crippen molar-refractivity contribution in [3.63, 3.8) is 0 Å². The van der Waals surface area contributed by atoms with Crippen molar-refractivity contribution >= 4 is 21.6 Å². The zero-order chi connectivity index (χ0) is 15.5.